The van der Waals surface area contributed by atoms with Crippen LogP contribution in [0.25, 0.3) is 0 Å². The Balaban J connectivity index is 1.89. The number of likely N-dealkylation sites (tertiary alicyclic amines) is 1. The molecule has 1 saturated heterocycles. The van der Waals surface area contributed by atoms with Crippen molar-refractivity contribution in [2.45, 2.75) is 38.8 Å². The maximum absolute atomic E-state index is 12.5. The van der Waals surface area contributed by atoms with E-state index in [-0.39, 0.29) is 17.9 Å². The summed E-state index contributed by atoms with van der Waals surface area (Å²) < 4.78 is 5.65. The zero-order valence-electron chi connectivity index (χ0n) is 13.1. The number of halogens is 2. The number of hydrogen-bond donors (Lipinski definition) is 1. The van der Waals surface area contributed by atoms with Crippen LogP contribution in [0.2, 0.25) is 10.0 Å². The minimum absolute atomic E-state index is 0.0381. The summed E-state index contributed by atoms with van der Waals surface area (Å²) in [6.07, 6.45) is 0.866. The van der Waals surface area contributed by atoms with Crippen LogP contribution in [0.3, 0.4) is 0 Å². The van der Waals surface area contributed by atoms with Crippen molar-refractivity contribution in [3.05, 3.63) is 28.2 Å². The molecule has 7 heteroatoms. The van der Waals surface area contributed by atoms with Crippen LogP contribution in [0.4, 0.5) is 0 Å². The number of amides is 2. The first-order valence-corrected chi connectivity index (χ1v) is 8.30. The SMILES string of the molecule is CC(=O)NC1CCN(C(=O)C(C)Oc2ccc(Cl)cc2Cl)CC1. The van der Waals surface area contributed by atoms with Crippen molar-refractivity contribution in [3.8, 4) is 5.75 Å². The fraction of sp³-hybridized carbons (Fsp3) is 0.500. The van der Waals surface area contributed by atoms with E-state index in [4.69, 9.17) is 27.9 Å². The van der Waals surface area contributed by atoms with Crippen LogP contribution in [-0.2, 0) is 9.59 Å². The van der Waals surface area contributed by atoms with Crippen molar-refractivity contribution < 1.29 is 14.3 Å². The fourth-order valence-electron chi connectivity index (χ4n) is 2.60. The summed E-state index contributed by atoms with van der Waals surface area (Å²) in [5.41, 5.74) is 0. The third-order valence-electron chi connectivity index (χ3n) is 3.76. The Bertz CT molecular complexity index is 587. The molecule has 1 aliphatic heterocycles. The highest BCUT2D eigenvalue weighted by Gasteiger charge is 2.27. The van der Waals surface area contributed by atoms with E-state index in [0.717, 1.165) is 12.8 Å². The van der Waals surface area contributed by atoms with Gasteiger partial charge in [0.1, 0.15) is 5.75 Å². The standard InChI is InChI=1S/C16H20Cl2N2O3/c1-10(23-15-4-3-12(17)9-14(15)18)16(22)20-7-5-13(6-8-20)19-11(2)21/h3-4,9-10,13H,5-8H2,1-2H3,(H,19,21). The number of hydrogen-bond acceptors (Lipinski definition) is 3. The van der Waals surface area contributed by atoms with Crippen molar-refractivity contribution in [2.75, 3.05) is 13.1 Å². The molecule has 1 fully saturated rings. The average molecular weight is 359 g/mol. The summed E-state index contributed by atoms with van der Waals surface area (Å²) in [7, 11) is 0. The quantitative estimate of drug-likeness (QED) is 0.899. The van der Waals surface area contributed by atoms with Gasteiger partial charge in [0.05, 0.1) is 5.02 Å². The van der Waals surface area contributed by atoms with E-state index < -0.39 is 6.10 Å². The molecule has 0 spiro atoms. The first-order chi connectivity index (χ1) is 10.9. The van der Waals surface area contributed by atoms with Gasteiger partial charge in [0, 0.05) is 31.1 Å². The first kappa shape index (κ1) is 17.9. The molecule has 0 aromatic heterocycles. The van der Waals surface area contributed by atoms with Gasteiger partial charge in [-0.2, -0.15) is 0 Å². The molecular formula is C16H20Cl2N2O3. The normalized spacial score (nSPS) is 16.8. The van der Waals surface area contributed by atoms with Gasteiger partial charge < -0.3 is 15.0 Å². The number of piperidine rings is 1. The molecule has 1 heterocycles. The predicted octanol–water partition coefficient (Wildman–Crippen LogP) is 2.89. The molecular weight excluding hydrogens is 339 g/mol. The van der Waals surface area contributed by atoms with Gasteiger partial charge in [0.2, 0.25) is 5.91 Å². The molecule has 1 aromatic carbocycles. The fourth-order valence-corrected chi connectivity index (χ4v) is 3.05. The molecule has 2 rings (SSSR count). The van der Waals surface area contributed by atoms with Crippen LogP contribution in [0.15, 0.2) is 18.2 Å². The second-order valence-electron chi connectivity index (χ2n) is 5.63. The minimum Gasteiger partial charge on any atom is -0.479 e. The molecule has 0 aliphatic carbocycles. The van der Waals surface area contributed by atoms with Gasteiger partial charge in [-0.05, 0) is 38.0 Å². The molecule has 1 unspecified atom stereocenters. The van der Waals surface area contributed by atoms with Crippen LogP contribution in [0.1, 0.15) is 26.7 Å². The topological polar surface area (TPSA) is 58.6 Å². The first-order valence-electron chi connectivity index (χ1n) is 7.54. The monoisotopic (exact) mass is 358 g/mol. The minimum atomic E-state index is -0.633. The molecule has 1 N–H and O–H groups in total. The number of nitrogens with zero attached hydrogens (tertiary/aromatic N) is 1. The van der Waals surface area contributed by atoms with Gasteiger partial charge in [-0.25, -0.2) is 0 Å². The zero-order valence-corrected chi connectivity index (χ0v) is 14.7. The van der Waals surface area contributed by atoms with Gasteiger partial charge in [0.15, 0.2) is 6.10 Å². The second kappa shape index (κ2) is 7.88. The van der Waals surface area contributed by atoms with Gasteiger partial charge in [-0.3, -0.25) is 9.59 Å². The highest BCUT2D eigenvalue weighted by atomic mass is 35.5. The molecule has 126 valence electrons. The molecule has 1 aliphatic rings. The average Bonchev–Trinajstić information content (AvgIpc) is 2.49. The lowest BCUT2D eigenvalue weighted by molar-refractivity contribution is -0.139. The number of benzene rings is 1. The lowest BCUT2D eigenvalue weighted by atomic mass is 10.0. The summed E-state index contributed by atoms with van der Waals surface area (Å²) in [6, 6.07) is 5.03. The van der Waals surface area contributed by atoms with Gasteiger partial charge in [-0.1, -0.05) is 23.2 Å². The van der Waals surface area contributed by atoms with Gasteiger partial charge in [-0.15, -0.1) is 0 Å². The molecule has 2 amide bonds. The van der Waals surface area contributed by atoms with E-state index in [9.17, 15) is 9.59 Å². The highest BCUT2D eigenvalue weighted by molar-refractivity contribution is 6.35. The van der Waals surface area contributed by atoms with Crippen molar-refractivity contribution in [1.29, 1.82) is 0 Å². The van der Waals surface area contributed by atoms with Crippen LogP contribution in [0.5, 0.6) is 5.75 Å². The van der Waals surface area contributed by atoms with Crippen molar-refractivity contribution in [3.63, 3.8) is 0 Å². The zero-order chi connectivity index (χ0) is 17.0. The van der Waals surface area contributed by atoms with Gasteiger partial charge in [0.25, 0.3) is 5.91 Å². The highest BCUT2D eigenvalue weighted by Crippen LogP contribution is 2.28. The molecule has 5 nitrogen and oxygen atoms in total. The third kappa shape index (κ3) is 5.01. The van der Waals surface area contributed by atoms with Crippen LogP contribution < -0.4 is 10.1 Å². The number of nitrogens with one attached hydrogen (secondary N) is 1. The Morgan fingerprint density at radius 3 is 2.52 bits per heavy atom. The van der Waals surface area contributed by atoms with E-state index in [2.05, 4.69) is 5.32 Å². The Morgan fingerprint density at radius 1 is 1.30 bits per heavy atom. The van der Waals surface area contributed by atoms with Crippen molar-refractivity contribution in [2.24, 2.45) is 0 Å². The van der Waals surface area contributed by atoms with Crippen LogP contribution in [0, 0.1) is 0 Å². The smallest absolute Gasteiger partial charge is 0.263 e. The van der Waals surface area contributed by atoms with E-state index >= 15 is 0 Å². The summed E-state index contributed by atoms with van der Waals surface area (Å²) in [5, 5.41) is 3.78. The Labute approximate surface area is 145 Å². The number of carbonyl (C=O) groups is 2. The third-order valence-corrected chi connectivity index (χ3v) is 4.29. The maximum Gasteiger partial charge on any atom is 0.263 e. The van der Waals surface area contributed by atoms with E-state index in [1.54, 1.807) is 30.0 Å². The molecule has 23 heavy (non-hydrogen) atoms. The van der Waals surface area contributed by atoms with Crippen molar-refractivity contribution >= 4 is 35.0 Å². The second-order valence-corrected chi connectivity index (χ2v) is 6.48. The van der Waals surface area contributed by atoms with Gasteiger partial charge >= 0.3 is 0 Å². The lowest BCUT2D eigenvalue weighted by Gasteiger charge is -2.33. The number of carbonyl (C=O) groups excluding carboxylic acids is 2. The molecule has 0 radical (unpaired) electrons. The number of ether oxygens (including phenoxy) is 1. The van der Waals surface area contributed by atoms with Crippen LogP contribution >= 0.6 is 23.2 Å². The maximum atomic E-state index is 12.5. The molecule has 1 aromatic rings. The summed E-state index contributed by atoms with van der Waals surface area (Å²) in [5.74, 6) is 0.311. The van der Waals surface area contributed by atoms with E-state index in [1.807, 2.05) is 0 Å². The Morgan fingerprint density at radius 2 is 1.96 bits per heavy atom. The summed E-state index contributed by atoms with van der Waals surface area (Å²) >= 11 is 11.9. The van der Waals surface area contributed by atoms with Crippen molar-refractivity contribution in [1.82, 2.24) is 10.2 Å². The Hall–Kier alpha value is -1.46. The molecule has 1 atom stereocenters. The summed E-state index contributed by atoms with van der Waals surface area (Å²) in [6.45, 7) is 4.41. The van der Waals surface area contributed by atoms with E-state index in [0.29, 0.717) is 28.9 Å². The molecule has 0 bridgehead atoms. The predicted molar refractivity (Wildman–Crippen MR) is 90.0 cm³/mol. The largest absolute Gasteiger partial charge is 0.479 e. The molecule has 0 saturated carbocycles. The van der Waals surface area contributed by atoms with Crippen LogP contribution in [-0.4, -0.2) is 41.9 Å². The Kier molecular flexibility index (Phi) is 6.13. The summed E-state index contributed by atoms with van der Waals surface area (Å²) in [4.78, 5) is 25.3. The van der Waals surface area contributed by atoms with E-state index in [1.165, 1.54) is 6.92 Å². The lowest BCUT2D eigenvalue weighted by Crippen LogP contribution is -2.49. The number of rotatable bonds is 4.